The Hall–Kier alpha value is -0.560. The van der Waals surface area contributed by atoms with E-state index in [-0.39, 0.29) is 0 Å². The second kappa shape index (κ2) is 78.4. The molecule has 0 saturated heterocycles. The van der Waals surface area contributed by atoms with Gasteiger partial charge in [0.15, 0.2) is 0 Å². The van der Waals surface area contributed by atoms with E-state index < -0.39 is 24.4 Å². The van der Waals surface area contributed by atoms with Crippen LogP contribution in [0.3, 0.4) is 0 Å². The molecule has 0 aliphatic rings. The van der Waals surface area contributed by atoms with Crippen molar-refractivity contribution in [3.63, 3.8) is 0 Å². The van der Waals surface area contributed by atoms with Crippen LogP contribution >= 0.6 is 0 Å². The van der Waals surface area contributed by atoms with E-state index in [1.54, 1.807) is 0 Å². The molecule has 0 aliphatic carbocycles. The summed E-state index contributed by atoms with van der Waals surface area (Å²) in [5.74, 6) is 0. The Kier molecular flexibility index (Phi) is 78.0. The first kappa shape index (κ1) is 90.4. The number of aliphatic hydroxyl groups excluding tert-OH is 4. The summed E-state index contributed by atoms with van der Waals surface area (Å²) in [4.78, 5) is 5.20. The van der Waals surface area contributed by atoms with Gasteiger partial charge in [0, 0.05) is 52.6 Å². The van der Waals surface area contributed by atoms with Crippen molar-refractivity contribution in [2.45, 2.75) is 354 Å². The van der Waals surface area contributed by atoms with Gasteiger partial charge in [-0.1, -0.05) is 272 Å². The number of hydrogen-bond donors (Lipinski definition) is 8. The molecule has 0 aromatic heterocycles. The Morgan fingerprint density at radius 2 is 0.385 bits per heavy atom. The lowest BCUT2D eigenvalue weighted by molar-refractivity contribution is 0.0353. The highest BCUT2D eigenvalue weighted by Gasteiger charge is 2.13. The van der Waals surface area contributed by atoms with E-state index in [1.807, 2.05) is 0 Å². The molecule has 4 atom stereocenters. The Labute approximate surface area is 566 Å². The van der Waals surface area contributed by atoms with Gasteiger partial charge >= 0.3 is 0 Å². The summed E-state index contributed by atoms with van der Waals surface area (Å²) in [5.41, 5.74) is 0. The van der Waals surface area contributed by atoms with Gasteiger partial charge in [-0.2, -0.15) is 0 Å². The van der Waals surface area contributed by atoms with Gasteiger partial charge in [-0.15, -0.1) is 0 Å². The quantitative estimate of drug-likeness (QED) is 0.0270. The van der Waals surface area contributed by atoms with Crippen molar-refractivity contribution in [3.8, 4) is 0 Å². The molecule has 0 rings (SSSR count). The molecular weight excluding hydrogens is 1140 g/mol. The highest BCUT2D eigenvalue weighted by atomic mass is 16.5. The van der Waals surface area contributed by atoms with Crippen molar-refractivity contribution in [1.29, 1.82) is 0 Å². The summed E-state index contributed by atoms with van der Waals surface area (Å²) in [6.07, 6.45) is 58.3. The second-order valence-corrected chi connectivity index (χ2v) is 27.6. The van der Waals surface area contributed by atoms with Crippen LogP contribution in [0.1, 0.15) is 329 Å². The molecule has 14 heteroatoms. The van der Waals surface area contributed by atoms with Gasteiger partial charge in [-0.25, -0.2) is 0 Å². The Bertz CT molecular complexity index is 1270. The third-order valence-electron chi connectivity index (χ3n) is 18.1. The van der Waals surface area contributed by atoms with E-state index in [9.17, 15) is 20.4 Å². The summed E-state index contributed by atoms with van der Waals surface area (Å²) in [7, 11) is 0. The van der Waals surface area contributed by atoms with E-state index in [4.69, 9.17) is 18.9 Å². The third-order valence-corrected chi connectivity index (χ3v) is 18.1. The van der Waals surface area contributed by atoms with Gasteiger partial charge in [0.25, 0.3) is 0 Å². The normalized spacial score (nSPS) is 13.4. The van der Waals surface area contributed by atoms with Crippen LogP contribution in [0.15, 0.2) is 0 Å². The minimum atomic E-state index is -0.498. The molecule has 0 aromatic rings. The maximum absolute atomic E-state index is 10.7. The number of nitrogens with zero attached hydrogens (tertiary/aromatic N) is 2. The molecule has 0 radical (unpaired) electrons. The van der Waals surface area contributed by atoms with Gasteiger partial charge in [0.2, 0.25) is 0 Å². The monoisotopic (exact) mass is 1300 g/mol. The first-order chi connectivity index (χ1) is 44.9. The van der Waals surface area contributed by atoms with E-state index >= 15 is 0 Å². The second-order valence-electron chi connectivity index (χ2n) is 27.6. The number of nitrogens with one attached hydrogen (secondary N) is 4. The highest BCUT2D eigenvalue weighted by Crippen LogP contribution is 2.15. The topological polar surface area (TPSA) is 172 Å². The van der Waals surface area contributed by atoms with Crippen LogP contribution in [-0.2, 0) is 18.9 Å². The summed E-state index contributed by atoms with van der Waals surface area (Å²) < 4.78 is 23.5. The Morgan fingerprint density at radius 3 is 0.571 bits per heavy atom. The molecule has 0 spiro atoms. The van der Waals surface area contributed by atoms with Gasteiger partial charge in [0.05, 0.1) is 50.8 Å². The first-order valence-electron chi connectivity index (χ1n) is 40.2. The predicted molar refractivity (Wildman–Crippen MR) is 391 cm³/mol. The molecule has 548 valence electrons. The lowest BCUT2D eigenvalue weighted by Gasteiger charge is -2.26. The fourth-order valence-electron chi connectivity index (χ4n) is 12.2. The summed E-state index contributed by atoms with van der Waals surface area (Å²) in [6, 6.07) is 0. The fourth-order valence-corrected chi connectivity index (χ4v) is 12.2. The SMILES string of the molecule is CCCCCCCCCCCCCCOCC(O)CNCCCN(CCCNCC(O)COCCCCCCCCCCCC)CCCN(CCCNCC(O)COCCCCCCCCCCCC)CCCNCC(O)COCCCCCCCCCCCC. The van der Waals surface area contributed by atoms with E-state index in [1.165, 1.54) is 244 Å². The summed E-state index contributed by atoms with van der Waals surface area (Å²) in [6.45, 7) is 25.1. The zero-order chi connectivity index (χ0) is 65.9. The maximum Gasteiger partial charge on any atom is 0.0897 e. The van der Waals surface area contributed by atoms with Crippen LogP contribution in [-0.4, -0.2) is 199 Å². The molecule has 4 unspecified atom stereocenters. The Morgan fingerprint density at radius 1 is 0.220 bits per heavy atom. The van der Waals surface area contributed by atoms with Gasteiger partial charge < -0.3 is 70.4 Å². The van der Waals surface area contributed by atoms with Crippen molar-refractivity contribution in [2.24, 2.45) is 0 Å². The molecule has 0 bridgehead atoms. The number of rotatable bonds is 82. The van der Waals surface area contributed by atoms with Gasteiger partial charge in [-0.3, -0.25) is 0 Å². The van der Waals surface area contributed by atoms with Crippen LogP contribution in [0, 0.1) is 0 Å². The van der Waals surface area contributed by atoms with Crippen molar-refractivity contribution >= 4 is 0 Å². The van der Waals surface area contributed by atoms with Crippen LogP contribution in [0.5, 0.6) is 0 Å². The molecule has 0 amide bonds. The number of hydrogen-bond acceptors (Lipinski definition) is 14. The fraction of sp³-hybridized carbons (Fsp3) is 1.00. The van der Waals surface area contributed by atoms with Crippen molar-refractivity contribution in [3.05, 3.63) is 0 Å². The molecule has 0 aliphatic heterocycles. The molecule has 14 nitrogen and oxygen atoms in total. The Balaban J connectivity index is 5.11. The van der Waals surface area contributed by atoms with Gasteiger partial charge in [0.1, 0.15) is 0 Å². The zero-order valence-corrected chi connectivity index (χ0v) is 61.4. The molecule has 0 saturated carbocycles. The van der Waals surface area contributed by atoms with Crippen LogP contribution in [0.2, 0.25) is 0 Å². The molecule has 91 heavy (non-hydrogen) atoms. The predicted octanol–water partition coefficient (Wildman–Crippen LogP) is 15.9. The molecule has 0 aromatic carbocycles. The number of unbranched alkanes of at least 4 members (excludes halogenated alkanes) is 38. The summed E-state index contributed by atoms with van der Waals surface area (Å²) >= 11 is 0. The molecule has 8 N–H and O–H groups in total. The van der Waals surface area contributed by atoms with Crippen molar-refractivity contribution < 1.29 is 39.4 Å². The lowest BCUT2D eigenvalue weighted by atomic mass is 10.1. The van der Waals surface area contributed by atoms with Crippen molar-refractivity contribution in [2.75, 3.05) is 144 Å². The minimum Gasteiger partial charge on any atom is -0.389 e. The van der Waals surface area contributed by atoms with Crippen LogP contribution in [0.4, 0.5) is 0 Å². The average Bonchev–Trinajstić information content (AvgIpc) is 3.58. The third kappa shape index (κ3) is 75.1. The largest absolute Gasteiger partial charge is 0.389 e. The number of aliphatic hydroxyl groups is 4. The van der Waals surface area contributed by atoms with Gasteiger partial charge in [-0.05, 0) is 123 Å². The average molecular weight is 1300 g/mol. The van der Waals surface area contributed by atoms with Crippen LogP contribution < -0.4 is 21.3 Å². The van der Waals surface area contributed by atoms with Crippen molar-refractivity contribution in [1.82, 2.24) is 31.1 Å². The lowest BCUT2D eigenvalue weighted by Crippen LogP contribution is -2.37. The summed E-state index contributed by atoms with van der Waals surface area (Å²) in [5, 5.41) is 56.8. The van der Waals surface area contributed by atoms with E-state index in [0.29, 0.717) is 52.6 Å². The minimum absolute atomic E-state index is 0.388. The standard InChI is InChI=1S/C77H162N6O8/c1-5-9-13-17-21-25-29-30-34-38-42-46-65-91-73-77(87)69-81-55-50-59-83(58-49-54-80-68-76(86)72-90-64-45-41-37-33-28-24-20-16-12-8-4)61-51-60-82(56-47-52-78-66-74(84)70-88-62-43-39-35-31-26-22-18-14-10-6-2)57-48-53-79-67-75(85)71-89-63-44-40-36-32-27-23-19-15-11-7-3/h74-81,84-87H,5-73H2,1-4H3. The van der Waals surface area contributed by atoms with E-state index in [2.05, 4.69) is 58.8 Å². The number of ether oxygens (including phenoxy) is 4. The smallest absolute Gasteiger partial charge is 0.0897 e. The first-order valence-corrected chi connectivity index (χ1v) is 40.2. The molecule has 0 heterocycles. The van der Waals surface area contributed by atoms with E-state index in [0.717, 1.165) is 150 Å². The van der Waals surface area contributed by atoms with Crippen LogP contribution in [0.25, 0.3) is 0 Å². The maximum atomic E-state index is 10.7. The molecular formula is C77H162N6O8. The molecule has 0 fully saturated rings. The highest BCUT2D eigenvalue weighted by molar-refractivity contribution is 4.69. The zero-order valence-electron chi connectivity index (χ0n) is 61.4.